The molecule has 2 fully saturated rings. The molecule has 1 heterocycles. The second kappa shape index (κ2) is 8.57. The van der Waals surface area contributed by atoms with Gasteiger partial charge in [-0.05, 0) is 54.7 Å². The Morgan fingerprint density at radius 3 is 2.32 bits per heavy atom. The van der Waals surface area contributed by atoms with Crippen LogP contribution in [0.2, 0.25) is 5.02 Å². The number of fused-ring (bicyclic) bond motifs is 5. The molecule has 3 amide bonds. The van der Waals surface area contributed by atoms with Crippen molar-refractivity contribution in [3.05, 3.63) is 75.3 Å². The zero-order chi connectivity index (χ0) is 24.0. The summed E-state index contributed by atoms with van der Waals surface area (Å²) in [7, 11) is 0. The molecular weight excluding hydrogens is 460 g/mol. The molecule has 1 saturated heterocycles. The molecule has 2 bridgehead atoms. The highest BCUT2D eigenvalue weighted by atomic mass is 35.5. The number of hydrogen-bond donors (Lipinski definition) is 2. The Morgan fingerprint density at radius 2 is 1.71 bits per heavy atom. The van der Waals surface area contributed by atoms with Gasteiger partial charge in [0.1, 0.15) is 5.69 Å². The maximum Gasteiger partial charge on any atom is 0.293 e. The van der Waals surface area contributed by atoms with E-state index in [2.05, 4.69) is 10.6 Å². The van der Waals surface area contributed by atoms with Crippen LogP contribution in [0.15, 0.2) is 54.6 Å². The molecule has 0 aromatic heterocycles. The number of nitrogens with zero attached hydrogens (tertiary/aromatic N) is 2. The van der Waals surface area contributed by atoms with Crippen molar-refractivity contribution in [1.82, 2.24) is 4.90 Å². The Bertz CT molecular complexity index is 1200. The van der Waals surface area contributed by atoms with E-state index in [1.54, 1.807) is 24.3 Å². The van der Waals surface area contributed by atoms with Crippen molar-refractivity contribution in [3.63, 3.8) is 0 Å². The molecule has 3 aliphatic rings. The maximum absolute atomic E-state index is 12.8. The highest BCUT2D eigenvalue weighted by molar-refractivity contribution is 6.30. The number of benzene rings is 2. The molecule has 0 radical (unpaired) electrons. The topological polar surface area (TPSA) is 122 Å². The van der Waals surface area contributed by atoms with Crippen LogP contribution in [-0.4, -0.2) is 40.6 Å². The van der Waals surface area contributed by atoms with Crippen LogP contribution in [0.4, 0.5) is 17.1 Å². The fraction of sp³-hybridized carbons (Fsp3) is 0.292. The van der Waals surface area contributed by atoms with E-state index in [4.69, 9.17) is 11.6 Å². The number of carbonyl (C=O) groups excluding carboxylic acids is 3. The first-order valence-corrected chi connectivity index (χ1v) is 11.3. The maximum atomic E-state index is 12.8. The van der Waals surface area contributed by atoms with Crippen molar-refractivity contribution >= 4 is 46.4 Å². The van der Waals surface area contributed by atoms with Crippen molar-refractivity contribution in [3.8, 4) is 0 Å². The zero-order valence-electron chi connectivity index (χ0n) is 17.9. The van der Waals surface area contributed by atoms with E-state index in [0.717, 1.165) is 6.42 Å². The van der Waals surface area contributed by atoms with Gasteiger partial charge >= 0.3 is 0 Å². The summed E-state index contributed by atoms with van der Waals surface area (Å²) in [5.41, 5.74) is 0.552. The third-order valence-corrected chi connectivity index (χ3v) is 7.02. The number of nitro benzene ring substituents is 1. The van der Waals surface area contributed by atoms with Gasteiger partial charge in [-0.1, -0.05) is 23.8 Å². The third kappa shape index (κ3) is 3.81. The molecule has 1 aliphatic heterocycles. The molecule has 2 aliphatic carbocycles. The predicted octanol–water partition coefficient (Wildman–Crippen LogP) is 3.72. The number of halogens is 1. The molecule has 0 unspecified atom stereocenters. The summed E-state index contributed by atoms with van der Waals surface area (Å²) in [5, 5.41) is 17.7. The van der Waals surface area contributed by atoms with Gasteiger partial charge in [-0.25, -0.2) is 0 Å². The number of rotatable bonds is 7. The Kier molecular flexibility index (Phi) is 5.57. The summed E-state index contributed by atoms with van der Waals surface area (Å²) in [6, 6.07) is 10.6. The summed E-state index contributed by atoms with van der Waals surface area (Å²) in [6.07, 6.45) is 4.93. The zero-order valence-corrected chi connectivity index (χ0v) is 18.7. The van der Waals surface area contributed by atoms with E-state index in [1.165, 1.54) is 23.1 Å². The van der Waals surface area contributed by atoms with Crippen molar-refractivity contribution < 1.29 is 19.3 Å². The number of carbonyl (C=O) groups is 3. The number of anilines is 2. The molecular formula is C24H21ClN4O5. The number of nitro groups is 1. The lowest BCUT2D eigenvalue weighted by Gasteiger charge is -2.18. The predicted molar refractivity (Wildman–Crippen MR) is 125 cm³/mol. The number of likely N-dealkylation sites (tertiary alicyclic amines) is 1. The van der Waals surface area contributed by atoms with Crippen LogP contribution in [-0.2, 0) is 9.59 Å². The quantitative estimate of drug-likeness (QED) is 0.269. The first kappa shape index (κ1) is 22.1. The van der Waals surface area contributed by atoms with Gasteiger partial charge in [-0.2, -0.15) is 0 Å². The number of nitrogens with one attached hydrogen (secondary N) is 2. The number of imide groups is 1. The minimum Gasteiger partial charge on any atom is -0.378 e. The molecule has 0 spiro atoms. The number of hydrogen-bond acceptors (Lipinski definition) is 6. The van der Waals surface area contributed by atoms with Crippen LogP contribution in [0.1, 0.15) is 16.8 Å². The molecule has 2 N–H and O–H groups in total. The second-order valence-electron chi connectivity index (χ2n) is 8.70. The van der Waals surface area contributed by atoms with E-state index < -0.39 is 10.8 Å². The molecule has 9 nitrogen and oxygen atoms in total. The van der Waals surface area contributed by atoms with Crippen LogP contribution < -0.4 is 10.6 Å². The average Bonchev–Trinajstić information content (AvgIpc) is 3.50. The van der Waals surface area contributed by atoms with E-state index in [0.29, 0.717) is 10.7 Å². The fourth-order valence-corrected chi connectivity index (χ4v) is 5.32. The third-order valence-electron chi connectivity index (χ3n) is 6.77. The largest absolute Gasteiger partial charge is 0.378 e. The number of allylic oxidation sites excluding steroid dienone is 2. The fourth-order valence-electron chi connectivity index (χ4n) is 5.20. The lowest BCUT2D eigenvalue weighted by atomic mass is 9.85. The van der Waals surface area contributed by atoms with Crippen LogP contribution >= 0.6 is 11.6 Å². The molecule has 2 aromatic carbocycles. The van der Waals surface area contributed by atoms with Gasteiger partial charge in [-0.3, -0.25) is 29.4 Å². The average molecular weight is 481 g/mol. The molecule has 2 aromatic rings. The van der Waals surface area contributed by atoms with Crippen molar-refractivity contribution in [2.45, 2.75) is 6.42 Å². The molecule has 34 heavy (non-hydrogen) atoms. The van der Waals surface area contributed by atoms with Crippen LogP contribution in [0.5, 0.6) is 0 Å². The van der Waals surface area contributed by atoms with Crippen LogP contribution in [0.3, 0.4) is 0 Å². The first-order chi connectivity index (χ1) is 16.3. The van der Waals surface area contributed by atoms with Gasteiger partial charge in [-0.15, -0.1) is 0 Å². The van der Waals surface area contributed by atoms with Crippen LogP contribution in [0.25, 0.3) is 0 Å². The van der Waals surface area contributed by atoms with E-state index >= 15 is 0 Å². The minimum atomic E-state index is -0.582. The van der Waals surface area contributed by atoms with Crippen molar-refractivity contribution in [2.24, 2.45) is 23.7 Å². The smallest absolute Gasteiger partial charge is 0.293 e. The van der Waals surface area contributed by atoms with E-state index in [9.17, 15) is 24.5 Å². The molecule has 5 rings (SSSR count). The summed E-state index contributed by atoms with van der Waals surface area (Å²) in [5.74, 6) is -1.07. The highest BCUT2D eigenvalue weighted by Crippen LogP contribution is 2.52. The lowest BCUT2D eigenvalue weighted by molar-refractivity contribution is -0.384. The summed E-state index contributed by atoms with van der Waals surface area (Å²) >= 11 is 5.84. The van der Waals surface area contributed by atoms with Gasteiger partial charge in [0.15, 0.2) is 0 Å². The van der Waals surface area contributed by atoms with Crippen molar-refractivity contribution in [1.29, 1.82) is 0 Å². The van der Waals surface area contributed by atoms with E-state index in [1.807, 2.05) is 12.2 Å². The van der Waals surface area contributed by atoms with Gasteiger partial charge in [0.2, 0.25) is 11.8 Å². The first-order valence-electron chi connectivity index (χ1n) is 11.0. The van der Waals surface area contributed by atoms with Gasteiger partial charge in [0.25, 0.3) is 11.6 Å². The van der Waals surface area contributed by atoms with E-state index in [-0.39, 0.29) is 65.5 Å². The molecule has 1 saturated carbocycles. The Balaban J connectivity index is 1.24. The van der Waals surface area contributed by atoms with Gasteiger partial charge < -0.3 is 10.6 Å². The lowest BCUT2D eigenvalue weighted by Crippen LogP contribution is -2.36. The Hall–Kier alpha value is -3.72. The summed E-state index contributed by atoms with van der Waals surface area (Å²) < 4.78 is 0. The summed E-state index contributed by atoms with van der Waals surface area (Å²) in [4.78, 5) is 50.4. The van der Waals surface area contributed by atoms with Gasteiger partial charge in [0.05, 0.1) is 16.8 Å². The Morgan fingerprint density at radius 1 is 1.06 bits per heavy atom. The summed E-state index contributed by atoms with van der Waals surface area (Å²) in [6.45, 7) is 0.289. The highest BCUT2D eigenvalue weighted by Gasteiger charge is 2.58. The van der Waals surface area contributed by atoms with Gasteiger partial charge in [0, 0.05) is 35.4 Å². The minimum absolute atomic E-state index is 0.118. The Labute approximate surface area is 199 Å². The van der Waals surface area contributed by atoms with Crippen LogP contribution in [0, 0.1) is 33.8 Å². The second-order valence-corrected chi connectivity index (χ2v) is 9.14. The standard InChI is InChI=1S/C24H21ClN4O5/c25-16-4-6-17(7-5-16)27-22(30)15-3-8-18(19(12-15)29(33)34)26-9-10-28-23(31)20-13-1-2-14(11-13)21(20)24(28)32/h1-8,12-14,20-21,26H,9-11H2,(H,27,30)/t13-,14-,20+,21+/m0/s1. The monoisotopic (exact) mass is 480 g/mol. The molecule has 10 heteroatoms. The van der Waals surface area contributed by atoms with Crippen molar-refractivity contribution in [2.75, 3.05) is 23.7 Å². The molecule has 174 valence electrons. The molecule has 4 atom stereocenters. The normalized spacial score (nSPS) is 24.4. The SMILES string of the molecule is O=C(Nc1ccc(Cl)cc1)c1ccc(NCCN2C(=O)[C@H]3[C@H](C2=O)[C@H]2C=C[C@H]3C2)c([N+](=O)[O-])c1. The number of amides is 3.